The second kappa shape index (κ2) is 5.71. The highest BCUT2D eigenvalue weighted by atomic mass is 79.9. The highest BCUT2D eigenvalue weighted by Gasteiger charge is 2.11. The Morgan fingerprint density at radius 2 is 2.11 bits per heavy atom. The Labute approximate surface area is 122 Å². The molecular weight excluding hydrogens is 333 g/mol. The molecule has 19 heavy (non-hydrogen) atoms. The summed E-state index contributed by atoms with van der Waals surface area (Å²) in [6, 6.07) is 7.67. The molecule has 0 unspecified atom stereocenters. The van der Waals surface area contributed by atoms with Crippen molar-refractivity contribution in [1.29, 1.82) is 0 Å². The number of carboxylic acids is 1. The molecule has 0 aliphatic rings. The quantitative estimate of drug-likeness (QED) is 0.911. The Bertz CT molecular complexity index is 649. The summed E-state index contributed by atoms with van der Waals surface area (Å²) in [5.74, 6) is -2.02. The number of aromatic carboxylic acids is 1. The van der Waals surface area contributed by atoms with Crippen LogP contribution >= 0.6 is 27.7 Å². The Kier molecular flexibility index (Phi) is 4.21. The number of halogens is 2. The van der Waals surface area contributed by atoms with Gasteiger partial charge in [0.15, 0.2) is 0 Å². The molecule has 3 nitrogen and oxygen atoms in total. The summed E-state index contributed by atoms with van der Waals surface area (Å²) in [5.41, 5.74) is 0.504. The van der Waals surface area contributed by atoms with Gasteiger partial charge in [-0.25, -0.2) is 14.2 Å². The van der Waals surface area contributed by atoms with Crippen LogP contribution in [0.2, 0.25) is 0 Å². The summed E-state index contributed by atoms with van der Waals surface area (Å²) >= 11 is 4.64. The maximum absolute atomic E-state index is 13.3. The molecule has 0 atom stereocenters. The molecule has 0 aliphatic heterocycles. The van der Waals surface area contributed by atoms with E-state index in [1.807, 2.05) is 19.1 Å². The average Bonchev–Trinajstić information content (AvgIpc) is 2.36. The van der Waals surface area contributed by atoms with Crippen LogP contribution in [0.25, 0.3) is 0 Å². The number of hydrogen-bond acceptors (Lipinski definition) is 3. The molecule has 1 heterocycles. The molecule has 0 saturated heterocycles. The van der Waals surface area contributed by atoms with Gasteiger partial charge < -0.3 is 5.11 Å². The Balaban J connectivity index is 2.30. The van der Waals surface area contributed by atoms with Gasteiger partial charge in [-0.1, -0.05) is 11.8 Å². The molecule has 1 aromatic heterocycles. The monoisotopic (exact) mass is 341 g/mol. The number of pyridine rings is 1. The number of rotatable bonds is 3. The molecule has 0 saturated carbocycles. The fourth-order valence-corrected chi connectivity index (χ4v) is 2.52. The predicted octanol–water partition coefficient (Wildman–Crippen LogP) is 4.14. The van der Waals surface area contributed by atoms with Crippen LogP contribution in [-0.4, -0.2) is 16.1 Å². The fraction of sp³-hybridized carbons (Fsp3) is 0.0769. The molecule has 6 heteroatoms. The van der Waals surface area contributed by atoms with Crippen molar-refractivity contribution < 1.29 is 14.3 Å². The highest BCUT2D eigenvalue weighted by molar-refractivity contribution is 9.10. The molecule has 0 bridgehead atoms. The van der Waals surface area contributed by atoms with Crippen molar-refractivity contribution >= 4 is 33.7 Å². The lowest BCUT2D eigenvalue weighted by atomic mass is 10.2. The number of carboxylic acid groups (broad SMARTS) is 1. The largest absolute Gasteiger partial charge is 0.478 e. The molecular formula is C13H9BrFNO2S. The lowest BCUT2D eigenvalue weighted by Gasteiger charge is -2.05. The summed E-state index contributed by atoms with van der Waals surface area (Å²) in [7, 11) is 0. The number of nitrogens with zero attached hydrogens (tertiary/aromatic N) is 1. The minimum Gasteiger partial charge on any atom is -0.478 e. The molecule has 2 rings (SSSR count). The summed E-state index contributed by atoms with van der Waals surface area (Å²) in [6.07, 6.45) is 0. The smallest absolute Gasteiger partial charge is 0.338 e. The zero-order chi connectivity index (χ0) is 14.0. The molecule has 0 aliphatic carbocycles. The van der Waals surface area contributed by atoms with E-state index in [2.05, 4.69) is 20.9 Å². The van der Waals surface area contributed by atoms with E-state index >= 15 is 0 Å². The van der Waals surface area contributed by atoms with E-state index in [4.69, 9.17) is 5.11 Å². The first-order valence-electron chi connectivity index (χ1n) is 5.31. The third-order valence-corrected chi connectivity index (χ3v) is 4.15. The van der Waals surface area contributed by atoms with Crippen molar-refractivity contribution in [2.45, 2.75) is 16.8 Å². The highest BCUT2D eigenvalue weighted by Crippen LogP contribution is 2.29. The van der Waals surface area contributed by atoms with Crippen molar-refractivity contribution in [3.05, 3.63) is 51.9 Å². The second-order valence-corrected chi connectivity index (χ2v) is 5.71. The Hall–Kier alpha value is -1.40. The molecule has 1 aromatic carbocycles. The van der Waals surface area contributed by atoms with Gasteiger partial charge in [0.05, 0.1) is 11.3 Å². The molecule has 0 spiro atoms. The van der Waals surface area contributed by atoms with Crippen LogP contribution in [0.5, 0.6) is 0 Å². The zero-order valence-corrected chi connectivity index (χ0v) is 12.3. The summed E-state index contributed by atoms with van der Waals surface area (Å²) in [4.78, 5) is 15.8. The second-order valence-electron chi connectivity index (χ2n) is 3.77. The van der Waals surface area contributed by atoms with Crippen molar-refractivity contribution in [1.82, 2.24) is 4.98 Å². The number of aromatic nitrogens is 1. The first-order valence-corrected chi connectivity index (χ1v) is 6.92. The van der Waals surface area contributed by atoms with Crippen molar-refractivity contribution in [2.24, 2.45) is 0 Å². The van der Waals surface area contributed by atoms with Gasteiger partial charge in [-0.15, -0.1) is 0 Å². The molecule has 0 amide bonds. The lowest BCUT2D eigenvalue weighted by molar-refractivity contribution is 0.0691. The van der Waals surface area contributed by atoms with E-state index in [0.717, 1.165) is 21.3 Å². The minimum atomic E-state index is -1.28. The molecule has 0 radical (unpaired) electrons. The van der Waals surface area contributed by atoms with Gasteiger partial charge in [0.2, 0.25) is 0 Å². The summed E-state index contributed by atoms with van der Waals surface area (Å²) in [6.45, 7) is 1.86. The van der Waals surface area contributed by atoms with Gasteiger partial charge in [-0.2, -0.15) is 0 Å². The topological polar surface area (TPSA) is 50.2 Å². The van der Waals surface area contributed by atoms with Crippen LogP contribution in [0.15, 0.2) is 44.7 Å². The summed E-state index contributed by atoms with van der Waals surface area (Å²) < 4.78 is 14.2. The minimum absolute atomic E-state index is 0.334. The molecule has 2 aromatic rings. The van der Waals surface area contributed by atoms with E-state index in [1.165, 1.54) is 23.9 Å². The van der Waals surface area contributed by atoms with Gasteiger partial charge >= 0.3 is 5.97 Å². The van der Waals surface area contributed by atoms with Crippen molar-refractivity contribution in [2.75, 3.05) is 0 Å². The summed E-state index contributed by atoms with van der Waals surface area (Å²) in [5, 5.41) is 9.59. The van der Waals surface area contributed by atoms with Gasteiger partial charge in [-0.05, 0) is 53.2 Å². The van der Waals surface area contributed by atoms with Crippen molar-refractivity contribution in [3.63, 3.8) is 0 Å². The predicted molar refractivity (Wildman–Crippen MR) is 74.2 cm³/mol. The van der Waals surface area contributed by atoms with Crippen LogP contribution in [0.4, 0.5) is 4.39 Å². The maximum atomic E-state index is 13.3. The standard InChI is InChI=1S/C13H9BrFNO2S/c1-7-10(14)3-5-12(16-7)19-8-2-4-11(15)9(6-8)13(17)18/h2-6H,1H3,(H,17,18). The van der Waals surface area contributed by atoms with E-state index in [0.29, 0.717) is 4.90 Å². The number of aryl methyl sites for hydroxylation is 1. The zero-order valence-electron chi connectivity index (χ0n) is 9.85. The van der Waals surface area contributed by atoms with Gasteiger partial charge in [0.25, 0.3) is 0 Å². The fourth-order valence-electron chi connectivity index (χ4n) is 1.43. The Morgan fingerprint density at radius 1 is 1.37 bits per heavy atom. The van der Waals surface area contributed by atoms with E-state index in [9.17, 15) is 9.18 Å². The van der Waals surface area contributed by atoms with E-state index < -0.39 is 11.8 Å². The first-order chi connectivity index (χ1) is 8.97. The maximum Gasteiger partial charge on any atom is 0.338 e. The van der Waals surface area contributed by atoms with Crippen LogP contribution in [0.1, 0.15) is 16.1 Å². The normalized spacial score (nSPS) is 10.5. The number of carbonyl (C=O) groups is 1. The SMILES string of the molecule is Cc1nc(Sc2ccc(F)c(C(=O)O)c2)ccc1Br. The third-order valence-electron chi connectivity index (χ3n) is 2.39. The Morgan fingerprint density at radius 3 is 2.74 bits per heavy atom. The lowest BCUT2D eigenvalue weighted by Crippen LogP contribution is -2.00. The average molecular weight is 342 g/mol. The van der Waals surface area contributed by atoms with E-state index in [-0.39, 0.29) is 5.56 Å². The van der Waals surface area contributed by atoms with Crippen LogP contribution in [0, 0.1) is 12.7 Å². The molecule has 98 valence electrons. The van der Waals surface area contributed by atoms with Crippen molar-refractivity contribution in [3.8, 4) is 0 Å². The first kappa shape index (κ1) is 14.0. The van der Waals surface area contributed by atoms with Gasteiger partial charge in [0, 0.05) is 9.37 Å². The van der Waals surface area contributed by atoms with Gasteiger partial charge in [0.1, 0.15) is 10.8 Å². The molecule has 1 N–H and O–H groups in total. The van der Waals surface area contributed by atoms with E-state index in [1.54, 1.807) is 0 Å². The van der Waals surface area contributed by atoms with Crippen LogP contribution < -0.4 is 0 Å². The van der Waals surface area contributed by atoms with Gasteiger partial charge in [-0.3, -0.25) is 0 Å². The number of hydrogen-bond donors (Lipinski definition) is 1. The molecule has 0 fully saturated rings. The number of benzene rings is 1. The van der Waals surface area contributed by atoms with Crippen LogP contribution in [0.3, 0.4) is 0 Å². The van der Waals surface area contributed by atoms with Crippen LogP contribution in [-0.2, 0) is 0 Å². The third kappa shape index (κ3) is 3.33.